The van der Waals surface area contributed by atoms with Crippen LogP contribution in [0, 0.1) is 0 Å². The zero-order valence-electron chi connectivity index (χ0n) is 48.4. The molecule has 1 aliphatic heterocycles. The maximum Gasteiger partial charge on any atom is 0.249 e. The molecule has 440 valence electrons. The van der Waals surface area contributed by atoms with E-state index < -0.39 is 74.2 Å². The Balaban J connectivity index is 2.24. The fourth-order valence-corrected chi connectivity index (χ4v) is 10.6. The molecular formula is C63H123NO10. The average molecular weight is 1050 g/mol. The van der Waals surface area contributed by atoms with Crippen LogP contribution in [0.3, 0.4) is 0 Å². The zero-order chi connectivity index (χ0) is 54.0. The number of allylic oxidation sites excluding steroid dienone is 2. The molecule has 9 atom stereocenters. The van der Waals surface area contributed by atoms with Crippen LogP contribution in [-0.2, 0) is 14.3 Å². The first kappa shape index (κ1) is 70.9. The van der Waals surface area contributed by atoms with Crippen LogP contribution in [0.25, 0.3) is 0 Å². The van der Waals surface area contributed by atoms with Crippen molar-refractivity contribution >= 4 is 5.91 Å². The average Bonchev–Trinajstić information content (AvgIpc) is 3.40. The second kappa shape index (κ2) is 52.5. The Morgan fingerprint density at radius 1 is 0.459 bits per heavy atom. The molecule has 74 heavy (non-hydrogen) atoms. The maximum atomic E-state index is 13.2. The molecule has 8 N–H and O–H groups in total. The molecule has 9 unspecified atom stereocenters. The van der Waals surface area contributed by atoms with Gasteiger partial charge in [-0.1, -0.05) is 289 Å². The summed E-state index contributed by atoms with van der Waals surface area (Å²) in [7, 11) is 0. The van der Waals surface area contributed by atoms with Crippen LogP contribution in [0.4, 0.5) is 0 Å². The molecule has 1 amide bonds. The summed E-state index contributed by atoms with van der Waals surface area (Å²) in [5.74, 6) is -0.696. The Bertz CT molecular complexity index is 1210. The molecule has 11 heteroatoms. The summed E-state index contributed by atoms with van der Waals surface area (Å²) in [6.45, 7) is 3.50. The van der Waals surface area contributed by atoms with E-state index in [1.807, 2.05) is 0 Å². The highest BCUT2D eigenvalue weighted by Crippen LogP contribution is 2.24. The number of aliphatic hydroxyl groups excluding tert-OH is 7. The fourth-order valence-electron chi connectivity index (χ4n) is 10.6. The summed E-state index contributed by atoms with van der Waals surface area (Å²) in [5, 5.41) is 76.3. The van der Waals surface area contributed by atoms with Gasteiger partial charge in [-0.05, 0) is 38.5 Å². The SMILES string of the molecule is CCCCCCCCCCCC/C=C\CCCCCCCCC(O)C(=O)NC(COC1OC(CO)C(O)C(O)C1O)C(O)C(O)CCCCCCCCCCCCCCCCCCCCCCCCCCCCC. The van der Waals surface area contributed by atoms with E-state index in [0.717, 1.165) is 51.4 Å². The number of aliphatic hydroxyl groups is 7. The van der Waals surface area contributed by atoms with Crippen molar-refractivity contribution in [3.8, 4) is 0 Å². The van der Waals surface area contributed by atoms with Crippen molar-refractivity contribution in [1.29, 1.82) is 0 Å². The quantitative estimate of drug-likeness (QED) is 0.0215. The Morgan fingerprint density at radius 3 is 1.14 bits per heavy atom. The van der Waals surface area contributed by atoms with Gasteiger partial charge in [0, 0.05) is 0 Å². The van der Waals surface area contributed by atoms with E-state index in [1.165, 1.54) is 225 Å². The van der Waals surface area contributed by atoms with Crippen LogP contribution < -0.4 is 5.32 Å². The fraction of sp³-hybridized carbons (Fsp3) is 0.952. The molecule has 1 saturated heterocycles. The van der Waals surface area contributed by atoms with Crippen molar-refractivity contribution in [1.82, 2.24) is 5.32 Å². The Hall–Kier alpha value is -1.15. The highest BCUT2D eigenvalue weighted by atomic mass is 16.7. The molecule has 0 radical (unpaired) electrons. The minimum Gasteiger partial charge on any atom is -0.394 e. The first-order valence-electron chi connectivity index (χ1n) is 32.1. The summed E-state index contributed by atoms with van der Waals surface area (Å²) >= 11 is 0. The number of nitrogens with one attached hydrogen (secondary N) is 1. The van der Waals surface area contributed by atoms with Crippen LogP contribution in [-0.4, -0.2) is 110 Å². The van der Waals surface area contributed by atoms with Crippen molar-refractivity contribution in [2.75, 3.05) is 13.2 Å². The number of carbonyl (C=O) groups excluding carboxylic acids is 1. The third-order valence-electron chi connectivity index (χ3n) is 15.8. The summed E-state index contributed by atoms with van der Waals surface area (Å²) in [4.78, 5) is 13.2. The second-order valence-electron chi connectivity index (χ2n) is 22.8. The molecule has 1 fully saturated rings. The van der Waals surface area contributed by atoms with Crippen LogP contribution in [0.5, 0.6) is 0 Å². The predicted molar refractivity (Wildman–Crippen MR) is 307 cm³/mol. The van der Waals surface area contributed by atoms with Crippen LogP contribution in [0.1, 0.15) is 316 Å². The van der Waals surface area contributed by atoms with Crippen molar-refractivity contribution < 1.29 is 50.0 Å². The lowest BCUT2D eigenvalue weighted by atomic mass is 9.98. The molecule has 0 aliphatic carbocycles. The number of hydrogen-bond donors (Lipinski definition) is 8. The maximum absolute atomic E-state index is 13.2. The zero-order valence-corrected chi connectivity index (χ0v) is 48.4. The number of rotatable bonds is 56. The molecule has 1 heterocycles. The van der Waals surface area contributed by atoms with Gasteiger partial charge in [0.1, 0.15) is 36.6 Å². The van der Waals surface area contributed by atoms with Gasteiger partial charge in [-0.2, -0.15) is 0 Å². The highest BCUT2D eigenvalue weighted by molar-refractivity contribution is 5.80. The number of amides is 1. The van der Waals surface area contributed by atoms with Crippen molar-refractivity contribution in [2.24, 2.45) is 0 Å². The first-order valence-corrected chi connectivity index (χ1v) is 32.1. The van der Waals surface area contributed by atoms with Gasteiger partial charge in [-0.15, -0.1) is 0 Å². The van der Waals surface area contributed by atoms with E-state index in [0.29, 0.717) is 19.3 Å². The number of carbonyl (C=O) groups is 1. The molecule has 1 aliphatic rings. The lowest BCUT2D eigenvalue weighted by Gasteiger charge is -2.40. The van der Waals surface area contributed by atoms with Crippen LogP contribution >= 0.6 is 0 Å². The van der Waals surface area contributed by atoms with Gasteiger partial charge >= 0.3 is 0 Å². The van der Waals surface area contributed by atoms with Gasteiger partial charge < -0.3 is 50.5 Å². The highest BCUT2D eigenvalue weighted by Gasteiger charge is 2.44. The summed E-state index contributed by atoms with van der Waals surface area (Å²) in [5.41, 5.74) is 0. The van der Waals surface area contributed by atoms with Gasteiger partial charge in [-0.25, -0.2) is 0 Å². The van der Waals surface area contributed by atoms with E-state index in [4.69, 9.17) is 9.47 Å². The second-order valence-corrected chi connectivity index (χ2v) is 22.8. The molecule has 0 aromatic rings. The summed E-state index contributed by atoms with van der Waals surface area (Å²) in [6, 6.07) is -1.17. The number of unbranched alkanes of at least 4 members (excludes halogenated alkanes) is 42. The van der Waals surface area contributed by atoms with Gasteiger partial charge in [0.2, 0.25) is 5.91 Å². The molecule has 0 spiro atoms. The van der Waals surface area contributed by atoms with Crippen molar-refractivity contribution in [3.05, 3.63) is 12.2 Å². The van der Waals surface area contributed by atoms with Crippen molar-refractivity contribution in [2.45, 2.75) is 371 Å². The standard InChI is InChI=1S/C63H123NO10/c1-3-5-7-9-11-13-15-17-19-21-23-25-26-27-28-29-30-31-33-34-36-38-40-42-44-46-48-50-55(66)58(68)54(53-73-63-61(71)60(70)59(69)57(52-65)74-63)64-62(72)56(67)51-49-47-45-43-41-39-37-35-32-24-22-20-18-16-14-12-10-8-6-4-2/h32,35,54-61,63,65-71H,3-31,33-34,36-53H2,1-2H3,(H,64,72)/b35-32-. The molecule has 11 nitrogen and oxygen atoms in total. The van der Waals surface area contributed by atoms with Crippen LogP contribution in [0.2, 0.25) is 0 Å². The Morgan fingerprint density at radius 2 is 0.784 bits per heavy atom. The first-order chi connectivity index (χ1) is 36.2. The smallest absolute Gasteiger partial charge is 0.249 e. The normalized spacial score (nSPS) is 19.8. The van der Waals surface area contributed by atoms with Gasteiger partial charge in [-0.3, -0.25) is 4.79 Å². The van der Waals surface area contributed by atoms with E-state index in [2.05, 4.69) is 31.3 Å². The van der Waals surface area contributed by atoms with E-state index in [9.17, 15) is 40.5 Å². The third kappa shape index (κ3) is 40.1. The Labute approximate surface area is 455 Å². The van der Waals surface area contributed by atoms with E-state index in [-0.39, 0.29) is 6.42 Å². The lowest BCUT2D eigenvalue weighted by molar-refractivity contribution is -0.303. The molecule has 1 rings (SSSR count). The predicted octanol–water partition coefficient (Wildman–Crippen LogP) is 14.3. The molecule has 0 bridgehead atoms. The topological polar surface area (TPSA) is 189 Å². The van der Waals surface area contributed by atoms with Gasteiger partial charge in [0.25, 0.3) is 0 Å². The molecular weight excluding hydrogens is 931 g/mol. The third-order valence-corrected chi connectivity index (χ3v) is 15.8. The largest absolute Gasteiger partial charge is 0.394 e. The monoisotopic (exact) mass is 1050 g/mol. The summed E-state index contributed by atoms with van der Waals surface area (Å²) in [6.07, 6.45) is 51.3. The molecule has 0 aromatic carbocycles. The van der Waals surface area contributed by atoms with E-state index >= 15 is 0 Å². The molecule has 0 aromatic heterocycles. The number of ether oxygens (including phenoxy) is 2. The Kier molecular flexibility index (Phi) is 50.3. The van der Waals surface area contributed by atoms with Gasteiger partial charge in [0.15, 0.2) is 6.29 Å². The van der Waals surface area contributed by atoms with Crippen LogP contribution in [0.15, 0.2) is 12.2 Å². The molecule has 0 saturated carbocycles. The van der Waals surface area contributed by atoms with E-state index in [1.54, 1.807) is 0 Å². The number of hydrogen-bond acceptors (Lipinski definition) is 10. The summed E-state index contributed by atoms with van der Waals surface area (Å²) < 4.78 is 11.2. The van der Waals surface area contributed by atoms with Crippen molar-refractivity contribution in [3.63, 3.8) is 0 Å². The lowest BCUT2D eigenvalue weighted by Crippen LogP contribution is -2.60. The van der Waals surface area contributed by atoms with Gasteiger partial charge in [0.05, 0.1) is 25.4 Å². The minimum atomic E-state index is -1.66. The minimum absolute atomic E-state index is 0.256.